The maximum atomic E-state index is 7.57. The maximum Gasteiger partial charge on any atom is 0.0402 e. The van der Waals surface area contributed by atoms with Crippen LogP contribution in [0.5, 0.6) is 0 Å². The highest BCUT2D eigenvalue weighted by Gasteiger charge is 2.47. The van der Waals surface area contributed by atoms with Gasteiger partial charge in [-0.3, -0.25) is 0 Å². The minimum Gasteiger partial charge on any atom is -0.397 e. The van der Waals surface area contributed by atoms with Gasteiger partial charge in [-0.25, -0.2) is 0 Å². The van der Waals surface area contributed by atoms with Crippen molar-refractivity contribution in [2.75, 3.05) is 6.61 Å². The lowest BCUT2D eigenvalue weighted by Gasteiger charge is -2.53. The van der Waals surface area contributed by atoms with Gasteiger partial charge in [-0.2, -0.15) is 0 Å². The molecular weight excluding hydrogens is 220 g/mol. The molecule has 1 fully saturated rings. The fourth-order valence-electron chi connectivity index (χ4n) is 3.44. The second-order valence-corrected chi connectivity index (χ2v) is 6.51. The molecule has 0 spiro atoms. The van der Waals surface area contributed by atoms with Crippen molar-refractivity contribution >= 4 is 0 Å². The Morgan fingerprint density at radius 2 is 2.00 bits per heavy atom. The van der Waals surface area contributed by atoms with Crippen LogP contribution >= 0.6 is 0 Å². The molecule has 0 aliphatic heterocycles. The highest BCUT2D eigenvalue weighted by molar-refractivity contribution is 5.16. The van der Waals surface area contributed by atoms with Crippen LogP contribution in [0, 0.1) is 17.3 Å². The zero-order valence-corrected chi connectivity index (χ0v) is 12.6. The molecule has 1 N–H and O–H groups in total. The Hall–Kier alpha value is -0.560. The molecule has 2 rings (SSSR count). The van der Waals surface area contributed by atoms with Crippen LogP contribution in [0.2, 0.25) is 0 Å². The maximum absolute atomic E-state index is 7.57. The van der Waals surface area contributed by atoms with Crippen molar-refractivity contribution < 1.29 is 5.11 Å². The Bertz CT molecular complexity index is 312. The average Bonchev–Trinajstić information content (AvgIpc) is 2.31. The Balaban J connectivity index is 0.000000492. The minimum atomic E-state index is 0.250. The van der Waals surface area contributed by atoms with E-state index in [0.29, 0.717) is 5.41 Å². The zero-order valence-electron chi connectivity index (χ0n) is 12.6. The average molecular weight is 250 g/mol. The number of aliphatic hydroxyl groups is 1. The fraction of sp³-hybridized carbons (Fsp3) is 0.765. The second kappa shape index (κ2) is 6.56. The van der Waals surface area contributed by atoms with Gasteiger partial charge in [0.1, 0.15) is 0 Å². The largest absolute Gasteiger partial charge is 0.397 e. The standard InChI is InChI=1S/C15H24.C2H6O/c1-11-6-5-7-12(2)13-10-15(3,4)14(13)9-8-11;1-2-3/h6,13-14H,2,5,7-10H2,1,3-4H3;3H,2H2,1H3/b11-6+;/t13-,14-;/m1./s1. The Labute approximate surface area is 113 Å². The second-order valence-electron chi connectivity index (χ2n) is 6.51. The summed E-state index contributed by atoms with van der Waals surface area (Å²) in [7, 11) is 0. The fourth-order valence-corrected chi connectivity index (χ4v) is 3.44. The summed E-state index contributed by atoms with van der Waals surface area (Å²) < 4.78 is 0. The van der Waals surface area contributed by atoms with Gasteiger partial charge >= 0.3 is 0 Å². The third-order valence-electron chi connectivity index (χ3n) is 4.57. The monoisotopic (exact) mass is 250 g/mol. The normalized spacial score (nSPS) is 33.4. The van der Waals surface area contributed by atoms with E-state index in [1.165, 1.54) is 37.7 Å². The van der Waals surface area contributed by atoms with E-state index in [4.69, 9.17) is 5.11 Å². The Kier molecular flexibility index (Phi) is 5.65. The Morgan fingerprint density at radius 3 is 2.56 bits per heavy atom. The van der Waals surface area contributed by atoms with Gasteiger partial charge in [0.05, 0.1) is 0 Å². The quantitative estimate of drug-likeness (QED) is 0.617. The van der Waals surface area contributed by atoms with Crippen molar-refractivity contribution in [3.05, 3.63) is 23.8 Å². The molecule has 1 nitrogen and oxygen atoms in total. The molecule has 1 saturated carbocycles. The molecule has 1 heteroatoms. The third-order valence-corrected chi connectivity index (χ3v) is 4.57. The van der Waals surface area contributed by atoms with Gasteiger partial charge in [0.2, 0.25) is 0 Å². The molecule has 0 aromatic rings. The van der Waals surface area contributed by atoms with E-state index in [-0.39, 0.29) is 6.61 Å². The predicted octanol–water partition coefficient (Wildman–Crippen LogP) is 4.72. The van der Waals surface area contributed by atoms with Crippen LogP contribution in [0.3, 0.4) is 0 Å². The molecule has 2 aliphatic carbocycles. The molecule has 0 radical (unpaired) electrons. The minimum absolute atomic E-state index is 0.250. The Morgan fingerprint density at radius 1 is 1.39 bits per heavy atom. The molecule has 0 unspecified atom stereocenters. The molecule has 2 atom stereocenters. The van der Waals surface area contributed by atoms with Gasteiger partial charge in [-0.15, -0.1) is 0 Å². The summed E-state index contributed by atoms with van der Waals surface area (Å²) in [6.07, 6.45) is 8.90. The molecule has 0 aromatic heterocycles. The smallest absolute Gasteiger partial charge is 0.0402 e. The lowest BCUT2D eigenvalue weighted by Crippen LogP contribution is -2.44. The van der Waals surface area contributed by atoms with Crippen molar-refractivity contribution in [2.24, 2.45) is 17.3 Å². The first kappa shape index (κ1) is 15.5. The van der Waals surface area contributed by atoms with Crippen LogP contribution in [0.4, 0.5) is 0 Å². The SMILES string of the molecule is C=C1CC/C=C(\C)CC[C@@H]2[C@@H]1CC2(C)C.CCO. The number of aliphatic hydroxyl groups excluding tert-OH is 1. The summed E-state index contributed by atoms with van der Waals surface area (Å²) in [5.41, 5.74) is 3.68. The van der Waals surface area contributed by atoms with Crippen LogP contribution in [-0.4, -0.2) is 11.7 Å². The molecule has 2 aliphatic rings. The topological polar surface area (TPSA) is 20.2 Å². The molecular formula is C17H30O. The number of hydrogen-bond acceptors (Lipinski definition) is 1. The summed E-state index contributed by atoms with van der Waals surface area (Å²) in [5, 5.41) is 7.57. The van der Waals surface area contributed by atoms with Gasteiger partial charge in [0.15, 0.2) is 0 Å². The van der Waals surface area contributed by atoms with Gasteiger partial charge in [0, 0.05) is 6.61 Å². The zero-order chi connectivity index (χ0) is 13.8. The lowest BCUT2D eigenvalue weighted by molar-refractivity contribution is 0.00384. The summed E-state index contributed by atoms with van der Waals surface area (Å²) >= 11 is 0. The van der Waals surface area contributed by atoms with Crippen LogP contribution in [0.1, 0.15) is 59.8 Å². The molecule has 104 valence electrons. The number of allylic oxidation sites excluding steroid dienone is 3. The molecule has 0 bridgehead atoms. The molecule has 18 heavy (non-hydrogen) atoms. The molecule has 0 heterocycles. The van der Waals surface area contributed by atoms with Crippen LogP contribution in [0.15, 0.2) is 23.8 Å². The van der Waals surface area contributed by atoms with Crippen molar-refractivity contribution in [2.45, 2.75) is 59.8 Å². The van der Waals surface area contributed by atoms with Crippen LogP contribution < -0.4 is 0 Å². The van der Waals surface area contributed by atoms with E-state index in [2.05, 4.69) is 33.4 Å². The van der Waals surface area contributed by atoms with E-state index < -0.39 is 0 Å². The highest BCUT2D eigenvalue weighted by Crippen LogP contribution is 2.56. The van der Waals surface area contributed by atoms with E-state index in [9.17, 15) is 0 Å². The lowest BCUT2D eigenvalue weighted by atomic mass is 9.52. The first-order valence-electron chi connectivity index (χ1n) is 7.36. The first-order chi connectivity index (χ1) is 8.42. The number of hydrogen-bond donors (Lipinski definition) is 1. The van der Waals surface area contributed by atoms with E-state index >= 15 is 0 Å². The van der Waals surface area contributed by atoms with Crippen LogP contribution in [0.25, 0.3) is 0 Å². The summed E-state index contributed by atoms with van der Waals surface area (Å²) in [6.45, 7) is 13.4. The third kappa shape index (κ3) is 3.71. The number of fused-ring (bicyclic) bond motifs is 1. The van der Waals surface area contributed by atoms with Crippen molar-refractivity contribution in [1.29, 1.82) is 0 Å². The summed E-state index contributed by atoms with van der Waals surface area (Å²) in [4.78, 5) is 0. The molecule has 0 amide bonds. The van der Waals surface area contributed by atoms with Crippen LogP contribution in [-0.2, 0) is 0 Å². The summed E-state index contributed by atoms with van der Waals surface area (Å²) in [5.74, 6) is 1.73. The van der Waals surface area contributed by atoms with E-state index in [1.54, 1.807) is 12.5 Å². The van der Waals surface area contributed by atoms with Gasteiger partial charge in [-0.05, 0) is 63.2 Å². The van der Waals surface area contributed by atoms with Crippen molar-refractivity contribution in [3.8, 4) is 0 Å². The first-order valence-corrected chi connectivity index (χ1v) is 7.36. The van der Waals surface area contributed by atoms with Gasteiger partial charge in [0.25, 0.3) is 0 Å². The predicted molar refractivity (Wildman–Crippen MR) is 79.5 cm³/mol. The number of rotatable bonds is 0. The molecule has 0 aromatic carbocycles. The van der Waals surface area contributed by atoms with Crippen molar-refractivity contribution in [1.82, 2.24) is 0 Å². The highest BCUT2D eigenvalue weighted by atomic mass is 16.2. The summed E-state index contributed by atoms with van der Waals surface area (Å²) in [6, 6.07) is 0. The van der Waals surface area contributed by atoms with E-state index in [1.807, 2.05) is 0 Å². The van der Waals surface area contributed by atoms with Gasteiger partial charge in [-0.1, -0.05) is 37.6 Å². The molecule has 0 saturated heterocycles. The van der Waals surface area contributed by atoms with Gasteiger partial charge < -0.3 is 5.11 Å². The van der Waals surface area contributed by atoms with E-state index in [0.717, 1.165) is 11.8 Å². The van der Waals surface area contributed by atoms with Crippen molar-refractivity contribution in [3.63, 3.8) is 0 Å².